The molecule has 0 saturated heterocycles. The first-order chi connectivity index (χ1) is 8.11. The highest BCUT2D eigenvalue weighted by Crippen LogP contribution is 2.02. The topological polar surface area (TPSA) is 59.1 Å². The summed E-state index contributed by atoms with van der Waals surface area (Å²) in [6, 6.07) is 4.37. The molecule has 96 valence electrons. The van der Waals surface area contributed by atoms with Crippen LogP contribution in [0.15, 0.2) is 12.1 Å². The predicted octanol–water partition coefficient (Wildman–Crippen LogP) is 1.42. The Labute approximate surface area is 103 Å². The molecule has 0 radical (unpaired) electrons. The average molecular weight is 238 g/mol. The van der Waals surface area contributed by atoms with Crippen LogP contribution in [0.2, 0.25) is 0 Å². The summed E-state index contributed by atoms with van der Waals surface area (Å²) in [6.07, 6.45) is 0.166. The Morgan fingerprint density at radius 2 is 2.00 bits per heavy atom. The third-order valence-electron chi connectivity index (χ3n) is 2.38. The Balaban J connectivity index is 2.39. The third kappa shape index (κ3) is 5.60. The highest BCUT2D eigenvalue weighted by atomic mass is 16.5. The van der Waals surface area contributed by atoms with Crippen molar-refractivity contribution >= 4 is 5.82 Å². The minimum atomic E-state index is 0.166. The van der Waals surface area contributed by atoms with Gasteiger partial charge in [-0.2, -0.15) is 5.10 Å². The summed E-state index contributed by atoms with van der Waals surface area (Å²) in [4.78, 5) is 0. The predicted molar refractivity (Wildman–Crippen MR) is 69.0 cm³/mol. The quantitative estimate of drug-likeness (QED) is 0.752. The van der Waals surface area contributed by atoms with Gasteiger partial charge in [0.1, 0.15) is 5.82 Å². The lowest BCUT2D eigenvalue weighted by atomic mass is 10.3. The summed E-state index contributed by atoms with van der Waals surface area (Å²) in [5.74, 6) is 0.780. The van der Waals surface area contributed by atoms with E-state index >= 15 is 0 Å². The molecule has 1 unspecified atom stereocenters. The Bertz CT molecular complexity index is 313. The molecule has 17 heavy (non-hydrogen) atoms. The van der Waals surface area contributed by atoms with Crippen LogP contribution >= 0.6 is 0 Å². The van der Waals surface area contributed by atoms with E-state index in [0.29, 0.717) is 6.04 Å². The lowest BCUT2D eigenvalue weighted by molar-refractivity contribution is 0.128. The van der Waals surface area contributed by atoms with Crippen LogP contribution in [0.1, 0.15) is 26.5 Å². The van der Waals surface area contributed by atoms with Crippen molar-refractivity contribution in [1.82, 2.24) is 15.5 Å². The van der Waals surface area contributed by atoms with Crippen molar-refractivity contribution in [2.24, 2.45) is 0 Å². The molecule has 5 nitrogen and oxygen atoms in total. The molecule has 0 spiro atoms. The molecule has 1 atom stereocenters. The van der Waals surface area contributed by atoms with Crippen molar-refractivity contribution in [2.45, 2.75) is 39.5 Å². The minimum Gasteiger partial charge on any atom is -0.380 e. The van der Waals surface area contributed by atoms with Crippen LogP contribution in [0.3, 0.4) is 0 Å². The van der Waals surface area contributed by atoms with Crippen molar-refractivity contribution in [2.75, 3.05) is 19.0 Å². The largest absolute Gasteiger partial charge is 0.380 e. The van der Waals surface area contributed by atoms with Crippen LogP contribution in [0.4, 0.5) is 5.82 Å². The summed E-state index contributed by atoms with van der Waals surface area (Å²) in [5.41, 5.74) is 0.948. The Kier molecular flexibility index (Phi) is 5.86. The smallest absolute Gasteiger partial charge is 0.148 e. The highest BCUT2D eigenvalue weighted by molar-refractivity contribution is 5.32. The third-order valence-corrected chi connectivity index (χ3v) is 2.38. The number of rotatable bonds is 7. The zero-order chi connectivity index (χ0) is 12.7. The molecule has 1 heterocycles. The van der Waals surface area contributed by atoms with Crippen LogP contribution in [-0.4, -0.2) is 36.0 Å². The molecular weight excluding hydrogens is 216 g/mol. The number of aromatic nitrogens is 2. The fourth-order valence-electron chi connectivity index (χ4n) is 1.19. The van der Waals surface area contributed by atoms with Gasteiger partial charge in [0.25, 0.3) is 0 Å². The van der Waals surface area contributed by atoms with E-state index in [1.54, 1.807) is 7.11 Å². The number of nitrogens with zero attached hydrogens (tertiary/aromatic N) is 2. The van der Waals surface area contributed by atoms with Gasteiger partial charge in [-0.1, -0.05) is 13.8 Å². The van der Waals surface area contributed by atoms with Crippen LogP contribution in [0.5, 0.6) is 0 Å². The van der Waals surface area contributed by atoms with Gasteiger partial charge in [-0.15, -0.1) is 5.10 Å². The van der Waals surface area contributed by atoms with Gasteiger partial charge in [0.15, 0.2) is 0 Å². The summed E-state index contributed by atoms with van der Waals surface area (Å²) in [7, 11) is 1.69. The Morgan fingerprint density at radius 1 is 1.24 bits per heavy atom. The molecule has 0 aliphatic carbocycles. The molecule has 5 heteroatoms. The van der Waals surface area contributed by atoms with Crippen LogP contribution in [0, 0.1) is 0 Å². The SMILES string of the molecule is COC(C)CNc1ccc(CNC(C)C)nn1. The fraction of sp³-hybridized carbons (Fsp3) is 0.667. The first-order valence-electron chi connectivity index (χ1n) is 5.94. The monoisotopic (exact) mass is 238 g/mol. The van der Waals surface area contributed by atoms with Gasteiger partial charge in [-0.25, -0.2) is 0 Å². The molecule has 0 amide bonds. The zero-order valence-corrected chi connectivity index (χ0v) is 11.0. The van der Waals surface area contributed by atoms with Crippen molar-refractivity contribution in [1.29, 1.82) is 0 Å². The fourth-order valence-corrected chi connectivity index (χ4v) is 1.19. The van der Waals surface area contributed by atoms with Crippen molar-refractivity contribution in [3.8, 4) is 0 Å². The van der Waals surface area contributed by atoms with E-state index in [1.807, 2.05) is 19.1 Å². The van der Waals surface area contributed by atoms with Crippen LogP contribution in [0.25, 0.3) is 0 Å². The maximum Gasteiger partial charge on any atom is 0.148 e. The number of hydrogen-bond acceptors (Lipinski definition) is 5. The first kappa shape index (κ1) is 13.9. The molecule has 2 N–H and O–H groups in total. The molecule has 0 fully saturated rings. The lowest BCUT2D eigenvalue weighted by Gasteiger charge is -2.11. The van der Waals surface area contributed by atoms with Crippen LogP contribution in [-0.2, 0) is 11.3 Å². The number of nitrogens with one attached hydrogen (secondary N) is 2. The molecule has 1 aromatic rings. The first-order valence-corrected chi connectivity index (χ1v) is 5.94. The Morgan fingerprint density at radius 3 is 2.53 bits per heavy atom. The molecule has 0 saturated carbocycles. The maximum absolute atomic E-state index is 5.14. The van der Waals surface area contributed by atoms with E-state index in [0.717, 1.165) is 24.6 Å². The van der Waals surface area contributed by atoms with E-state index in [-0.39, 0.29) is 6.10 Å². The molecule has 0 aliphatic heterocycles. The summed E-state index contributed by atoms with van der Waals surface area (Å²) >= 11 is 0. The maximum atomic E-state index is 5.14. The van der Waals surface area contributed by atoms with Gasteiger partial charge in [0.05, 0.1) is 11.8 Å². The van der Waals surface area contributed by atoms with E-state index in [2.05, 4.69) is 34.7 Å². The van der Waals surface area contributed by atoms with Crippen molar-refractivity contribution in [3.05, 3.63) is 17.8 Å². The van der Waals surface area contributed by atoms with Gasteiger partial charge in [-0.3, -0.25) is 0 Å². The lowest BCUT2D eigenvalue weighted by Crippen LogP contribution is -2.23. The van der Waals surface area contributed by atoms with E-state index in [1.165, 1.54) is 0 Å². The van der Waals surface area contributed by atoms with Gasteiger partial charge < -0.3 is 15.4 Å². The summed E-state index contributed by atoms with van der Waals surface area (Å²) in [5, 5.41) is 14.7. The second-order valence-electron chi connectivity index (χ2n) is 4.37. The van der Waals surface area contributed by atoms with Gasteiger partial charge in [-0.05, 0) is 19.1 Å². The number of anilines is 1. The zero-order valence-electron chi connectivity index (χ0n) is 11.0. The number of hydrogen-bond donors (Lipinski definition) is 2. The van der Waals surface area contributed by atoms with E-state index < -0.39 is 0 Å². The summed E-state index contributed by atoms with van der Waals surface area (Å²) < 4.78 is 5.14. The number of ether oxygens (including phenoxy) is 1. The molecule has 1 aromatic heterocycles. The van der Waals surface area contributed by atoms with E-state index in [9.17, 15) is 0 Å². The second-order valence-corrected chi connectivity index (χ2v) is 4.37. The standard InChI is InChI=1S/C12H22N4O/c1-9(2)13-8-11-5-6-12(16-15-11)14-7-10(3)17-4/h5-6,9-10,13H,7-8H2,1-4H3,(H,14,16). The minimum absolute atomic E-state index is 0.166. The van der Waals surface area contributed by atoms with Gasteiger partial charge >= 0.3 is 0 Å². The van der Waals surface area contributed by atoms with Gasteiger partial charge in [0, 0.05) is 26.2 Å². The van der Waals surface area contributed by atoms with Crippen molar-refractivity contribution < 1.29 is 4.74 Å². The molecule has 1 rings (SSSR count). The molecular formula is C12H22N4O. The normalized spacial score (nSPS) is 12.8. The van der Waals surface area contributed by atoms with Crippen LogP contribution < -0.4 is 10.6 Å². The number of methoxy groups -OCH3 is 1. The summed E-state index contributed by atoms with van der Waals surface area (Å²) in [6.45, 7) is 7.69. The van der Waals surface area contributed by atoms with E-state index in [4.69, 9.17) is 4.74 Å². The average Bonchev–Trinajstić information content (AvgIpc) is 2.34. The van der Waals surface area contributed by atoms with Gasteiger partial charge in [0.2, 0.25) is 0 Å². The Hall–Kier alpha value is -1.20. The highest BCUT2D eigenvalue weighted by Gasteiger charge is 2.01. The molecule has 0 bridgehead atoms. The molecule has 0 aromatic carbocycles. The second kappa shape index (κ2) is 7.19. The van der Waals surface area contributed by atoms with Crippen molar-refractivity contribution in [3.63, 3.8) is 0 Å². The molecule has 0 aliphatic rings.